The van der Waals surface area contributed by atoms with E-state index < -0.39 is 27.3 Å². The molecule has 78 valence electrons. The molecule has 6 heteroatoms. The van der Waals surface area contributed by atoms with Crippen molar-refractivity contribution >= 4 is 21.4 Å². The molecule has 0 aromatic heterocycles. The molecule has 0 saturated heterocycles. The van der Waals surface area contributed by atoms with Crippen molar-refractivity contribution in [3.63, 3.8) is 0 Å². The molecule has 1 rings (SSSR count). The van der Waals surface area contributed by atoms with Crippen molar-refractivity contribution in [2.75, 3.05) is 5.94 Å². The van der Waals surface area contributed by atoms with E-state index in [9.17, 15) is 12.8 Å². The van der Waals surface area contributed by atoms with Gasteiger partial charge in [-0.15, -0.1) is 0 Å². The molecule has 0 fully saturated rings. The van der Waals surface area contributed by atoms with Gasteiger partial charge in [0.1, 0.15) is 11.8 Å². The first kappa shape index (κ1) is 11.4. The minimum atomic E-state index is -3.69. The van der Waals surface area contributed by atoms with Gasteiger partial charge in [0.15, 0.2) is 9.84 Å². The summed E-state index contributed by atoms with van der Waals surface area (Å²) >= 11 is 5.61. The van der Waals surface area contributed by atoms with E-state index in [1.807, 2.05) is 0 Å². The van der Waals surface area contributed by atoms with Crippen LogP contribution in [0.15, 0.2) is 18.2 Å². The van der Waals surface area contributed by atoms with E-state index >= 15 is 0 Å². The molecule has 3 nitrogen and oxygen atoms in total. The Morgan fingerprint density at radius 3 is 2.57 bits per heavy atom. The van der Waals surface area contributed by atoms with Crippen LogP contribution in [0.4, 0.5) is 4.39 Å². The summed E-state index contributed by atoms with van der Waals surface area (Å²) in [7, 11) is -3.69. The summed E-state index contributed by atoms with van der Waals surface area (Å²) in [4.78, 5) is 0. The van der Waals surface area contributed by atoms with Crippen molar-refractivity contribution in [1.82, 2.24) is 0 Å². The van der Waals surface area contributed by atoms with Gasteiger partial charge < -0.3 is 5.11 Å². The second-order valence-corrected chi connectivity index (χ2v) is 5.16. The highest BCUT2D eigenvalue weighted by Crippen LogP contribution is 2.21. The molecule has 1 aromatic carbocycles. The number of hydrogen-bond acceptors (Lipinski definition) is 3. The molecule has 0 heterocycles. The maximum Gasteiger partial charge on any atom is 0.178 e. The topological polar surface area (TPSA) is 54.4 Å². The van der Waals surface area contributed by atoms with Crippen LogP contribution in [-0.2, 0) is 15.6 Å². The zero-order valence-electron chi connectivity index (χ0n) is 7.07. The molecule has 14 heavy (non-hydrogen) atoms. The van der Waals surface area contributed by atoms with Crippen molar-refractivity contribution in [1.29, 1.82) is 0 Å². The summed E-state index contributed by atoms with van der Waals surface area (Å²) in [5.41, 5.74) is -0.108. The quantitative estimate of drug-likeness (QED) is 0.865. The van der Waals surface area contributed by atoms with Crippen LogP contribution in [0.3, 0.4) is 0 Å². The number of aliphatic hydroxyl groups is 1. The summed E-state index contributed by atoms with van der Waals surface area (Å²) < 4.78 is 35.1. The Morgan fingerprint density at radius 1 is 1.43 bits per heavy atom. The second-order valence-electron chi connectivity index (χ2n) is 2.72. The van der Waals surface area contributed by atoms with Gasteiger partial charge in [0.2, 0.25) is 0 Å². The zero-order chi connectivity index (χ0) is 10.8. The van der Waals surface area contributed by atoms with Crippen molar-refractivity contribution in [2.24, 2.45) is 0 Å². The fourth-order valence-electron chi connectivity index (χ4n) is 0.936. The molecule has 0 aliphatic carbocycles. The summed E-state index contributed by atoms with van der Waals surface area (Å²) in [5.74, 6) is -2.29. The Morgan fingerprint density at radius 2 is 2.07 bits per heavy atom. The minimum absolute atomic E-state index is 0.0435. The molecule has 0 unspecified atom stereocenters. The molecule has 0 saturated carbocycles. The summed E-state index contributed by atoms with van der Waals surface area (Å²) in [5, 5.41) is 8.53. The van der Waals surface area contributed by atoms with Crippen LogP contribution in [0.25, 0.3) is 0 Å². The predicted octanol–water partition coefficient (Wildman–Crippen LogP) is 1.34. The Kier molecular flexibility index (Phi) is 3.47. The molecule has 0 radical (unpaired) electrons. The lowest BCUT2D eigenvalue weighted by Crippen LogP contribution is -2.10. The summed E-state index contributed by atoms with van der Waals surface area (Å²) in [6.07, 6.45) is 0. The molecule has 0 bridgehead atoms. The number of rotatable bonds is 3. The molecular formula is C8H8ClFO3S. The van der Waals surface area contributed by atoms with Crippen LogP contribution in [0.2, 0.25) is 5.02 Å². The third-order valence-corrected chi connectivity index (χ3v) is 3.10. The Balaban J connectivity index is 3.09. The Labute approximate surface area is 86.0 Å². The number of halogens is 2. The van der Waals surface area contributed by atoms with Crippen LogP contribution in [0.5, 0.6) is 0 Å². The second kappa shape index (κ2) is 4.25. The van der Waals surface area contributed by atoms with E-state index in [1.165, 1.54) is 12.1 Å². The van der Waals surface area contributed by atoms with Crippen LogP contribution in [0.1, 0.15) is 5.56 Å². The molecule has 0 atom stereocenters. The molecular weight excluding hydrogens is 231 g/mol. The van der Waals surface area contributed by atoms with Gasteiger partial charge in [-0.1, -0.05) is 17.7 Å². The maximum absolute atomic E-state index is 13.1. The number of hydrogen-bond donors (Lipinski definition) is 1. The van der Waals surface area contributed by atoms with Crippen molar-refractivity contribution < 1.29 is 17.9 Å². The summed E-state index contributed by atoms with van der Waals surface area (Å²) in [6, 6.07) is 3.90. The first-order chi connectivity index (χ1) is 6.46. The molecule has 0 amide bonds. The smallest absolute Gasteiger partial charge is 0.178 e. The lowest BCUT2D eigenvalue weighted by atomic mass is 10.2. The highest BCUT2D eigenvalue weighted by Gasteiger charge is 2.15. The van der Waals surface area contributed by atoms with E-state index in [-0.39, 0.29) is 10.6 Å². The number of sulfone groups is 1. The van der Waals surface area contributed by atoms with Crippen LogP contribution in [0, 0.1) is 5.82 Å². The molecule has 1 aromatic rings. The highest BCUT2D eigenvalue weighted by atomic mass is 35.5. The van der Waals surface area contributed by atoms with Gasteiger partial charge in [-0.05, 0) is 12.1 Å². The average Bonchev–Trinajstić information content (AvgIpc) is 2.12. The van der Waals surface area contributed by atoms with Gasteiger partial charge in [-0.25, -0.2) is 12.8 Å². The van der Waals surface area contributed by atoms with E-state index in [1.54, 1.807) is 0 Å². The predicted molar refractivity (Wildman–Crippen MR) is 51.1 cm³/mol. The van der Waals surface area contributed by atoms with Crippen LogP contribution >= 0.6 is 11.6 Å². The lowest BCUT2D eigenvalue weighted by molar-refractivity contribution is 0.358. The van der Waals surface area contributed by atoms with Crippen LogP contribution in [-0.4, -0.2) is 19.5 Å². The van der Waals surface area contributed by atoms with Gasteiger partial charge in [0.25, 0.3) is 0 Å². The Hall–Kier alpha value is -0.650. The third-order valence-electron chi connectivity index (χ3n) is 1.62. The third kappa shape index (κ3) is 2.67. The van der Waals surface area contributed by atoms with E-state index in [0.29, 0.717) is 0 Å². The maximum atomic E-state index is 13.1. The average molecular weight is 239 g/mol. The van der Waals surface area contributed by atoms with Gasteiger partial charge in [0.05, 0.1) is 5.75 Å². The largest absolute Gasteiger partial charge is 0.380 e. The van der Waals surface area contributed by atoms with Gasteiger partial charge in [-0.3, -0.25) is 0 Å². The molecule has 0 aliphatic heterocycles. The first-order valence-electron chi connectivity index (χ1n) is 3.70. The van der Waals surface area contributed by atoms with Crippen molar-refractivity contribution in [3.8, 4) is 0 Å². The fourth-order valence-corrected chi connectivity index (χ4v) is 2.07. The van der Waals surface area contributed by atoms with Gasteiger partial charge >= 0.3 is 0 Å². The van der Waals surface area contributed by atoms with Crippen molar-refractivity contribution in [2.45, 2.75) is 5.75 Å². The zero-order valence-corrected chi connectivity index (χ0v) is 8.65. The summed E-state index contributed by atoms with van der Waals surface area (Å²) in [6.45, 7) is 0. The minimum Gasteiger partial charge on any atom is -0.380 e. The molecule has 0 spiro atoms. The van der Waals surface area contributed by atoms with E-state index in [4.69, 9.17) is 16.7 Å². The molecule has 0 aliphatic rings. The Bertz CT molecular complexity index is 410. The van der Waals surface area contributed by atoms with Gasteiger partial charge in [0, 0.05) is 10.6 Å². The SMILES string of the molecule is O=S(=O)(CO)Cc1c(F)cccc1Cl. The first-order valence-corrected chi connectivity index (χ1v) is 5.90. The standard InChI is InChI=1S/C8H8ClFO3S/c9-7-2-1-3-8(10)6(7)4-14(12,13)5-11/h1-3,11H,4-5H2. The number of aliphatic hydroxyl groups excluding tert-OH is 1. The van der Waals surface area contributed by atoms with Crippen LogP contribution < -0.4 is 0 Å². The van der Waals surface area contributed by atoms with Gasteiger partial charge in [-0.2, -0.15) is 0 Å². The monoisotopic (exact) mass is 238 g/mol. The molecule has 1 N–H and O–H groups in total. The highest BCUT2D eigenvalue weighted by molar-refractivity contribution is 7.90. The normalized spacial score (nSPS) is 11.6. The lowest BCUT2D eigenvalue weighted by Gasteiger charge is -2.04. The van der Waals surface area contributed by atoms with Crippen molar-refractivity contribution in [3.05, 3.63) is 34.6 Å². The fraction of sp³-hybridized carbons (Fsp3) is 0.250. The van der Waals surface area contributed by atoms with E-state index in [0.717, 1.165) is 6.07 Å². The number of benzene rings is 1. The van der Waals surface area contributed by atoms with E-state index in [2.05, 4.69) is 0 Å².